The topological polar surface area (TPSA) is 150 Å². The fraction of sp³-hybridized carbons (Fsp3) is 0.522. The van der Waals surface area contributed by atoms with Crippen molar-refractivity contribution >= 4 is 29.8 Å². The maximum atomic E-state index is 11.9. The second-order valence-corrected chi connectivity index (χ2v) is 7.57. The largest absolute Gasteiger partial charge is 0.462 e. The first-order valence-electron chi connectivity index (χ1n) is 10.7. The predicted octanol–water partition coefficient (Wildman–Crippen LogP) is 1.08. The van der Waals surface area contributed by atoms with E-state index in [4.69, 9.17) is 33.2 Å². The Bertz CT molecular complexity index is 914. The standard InChI is InChI=1S/C23H28O12/c1-12(24)29-11-18(30-13(2)25)19(31-14(3)26)20-21(32-15(4)27)22(33-16(5)28)23(35-20)34-17-9-7-6-8-10-17/h6-10,18-23H,11H2,1-5H3/t18-,19+,20-,21+,22+,23-/m1/s1. The summed E-state index contributed by atoms with van der Waals surface area (Å²) in [6, 6.07) is 8.39. The minimum atomic E-state index is -1.44. The molecule has 1 heterocycles. The van der Waals surface area contributed by atoms with E-state index in [0.717, 1.165) is 34.6 Å². The molecule has 12 heteroatoms. The van der Waals surface area contributed by atoms with Crippen molar-refractivity contribution in [2.24, 2.45) is 0 Å². The van der Waals surface area contributed by atoms with E-state index < -0.39 is 73.3 Å². The van der Waals surface area contributed by atoms with Crippen LogP contribution in [0, 0.1) is 0 Å². The van der Waals surface area contributed by atoms with E-state index in [9.17, 15) is 24.0 Å². The van der Waals surface area contributed by atoms with Crippen molar-refractivity contribution in [3.8, 4) is 5.75 Å². The monoisotopic (exact) mass is 496 g/mol. The molecule has 0 saturated carbocycles. The van der Waals surface area contributed by atoms with Crippen LogP contribution in [0.25, 0.3) is 0 Å². The summed E-state index contributed by atoms with van der Waals surface area (Å²) in [6.07, 6.45) is -8.07. The van der Waals surface area contributed by atoms with Crippen LogP contribution in [0.2, 0.25) is 0 Å². The fourth-order valence-corrected chi connectivity index (χ4v) is 3.44. The van der Waals surface area contributed by atoms with Crippen molar-refractivity contribution in [3.63, 3.8) is 0 Å². The average molecular weight is 496 g/mol. The summed E-state index contributed by atoms with van der Waals surface area (Å²) in [6.45, 7) is 5.11. The van der Waals surface area contributed by atoms with E-state index >= 15 is 0 Å². The van der Waals surface area contributed by atoms with Crippen LogP contribution in [0.1, 0.15) is 34.6 Å². The molecule has 2 rings (SSSR count). The molecule has 35 heavy (non-hydrogen) atoms. The third-order valence-electron chi connectivity index (χ3n) is 4.57. The van der Waals surface area contributed by atoms with Crippen molar-refractivity contribution < 1.29 is 57.1 Å². The Morgan fingerprint density at radius 3 is 1.86 bits per heavy atom. The van der Waals surface area contributed by atoms with Gasteiger partial charge in [-0.2, -0.15) is 0 Å². The van der Waals surface area contributed by atoms with Crippen LogP contribution in [0.3, 0.4) is 0 Å². The molecule has 0 radical (unpaired) electrons. The molecule has 0 bridgehead atoms. The summed E-state index contributed by atoms with van der Waals surface area (Å²) in [5.41, 5.74) is 0. The Balaban J connectivity index is 2.50. The molecule has 0 N–H and O–H groups in total. The first-order chi connectivity index (χ1) is 16.5. The van der Waals surface area contributed by atoms with E-state index in [1.54, 1.807) is 30.3 Å². The van der Waals surface area contributed by atoms with Gasteiger partial charge in [0.25, 0.3) is 0 Å². The normalized spacial score (nSPS) is 22.8. The van der Waals surface area contributed by atoms with Crippen LogP contribution in [-0.4, -0.2) is 73.3 Å². The molecule has 0 aromatic heterocycles. The average Bonchev–Trinajstić information content (AvgIpc) is 3.05. The van der Waals surface area contributed by atoms with Crippen LogP contribution in [0.4, 0.5) is 0 Å². The van der Waals surface area contributed by atoms with Gasteiger partial charge in [0.2, 0.25) is 12.4 Å². The highest BCUT2D eigenvalue weighted by molar-refractivity contribution is 5.69. The Kier molecular flexibility index (Phi) is 10.0. The second-order valence-electron chi connectivity index (χ2n) is 7.57. The van der Waals surface area contributed by atoms with Gasteiger partial charge in [-0.3, -0.25) is 24.0 Å². The lowest BCUT2D eigenvalue weighted by Gasteiger charge is -2.32. The van der Waals surface area contributed by atoms with Gasteiger partial charge in [-0.05, 0) is 12.1 Å². The molecule has 1 fully saturated rings. The minimum Gasteiger partial charge on any atom is -0.462 e. The minimum absolute atomic E-state index is 0.345. The van der Waals surface area contributed by atoms with E-state index in [1.807, 2.05) is 0 Å². The highest BCUT2D eigenvalue weighted by Gasteiger charge is 2.56. The number of esters is 5. The van der Waals surface area contributed by atoms with E-state index in [2.05, 4.69) is 0 Å². The maximum Gasteiger partial charge on any atom is 0.303 e. The lowest BCUT2D eigenvalue weighted by molar-refractivity contribution is -0.198. The molecule has 192 valence electrons. The molecular formula is C23H28O12. The lowest BCUT2D eigenvalue weighted by Crippen LogP contribution is -2.52. The van der Waals surface area contributed by atoms with Crippen LogP contribution in [0.5, 0.6) is 5.75 Å². The van der Waals surface area contributed by atoms with Gasteiger partial charge < -0.3 is 33.2 Å². The molecular weight excluding hydrogens is 468 g/mol. The highest BCUT2D eigenvalue weighted by atomic mass is 16.7. The van der Waals surface area contributed by atoms with Crippen molar-refractivity contribution in [2.45, 2.75) is 71.4 Å². The van der Waals surface area contributed by atoms with Gasteiger partial charge in [-0.25, -0.2) is 0 Å². The van der Waals surface area contributed by atoms with E-state index in [-0.39, 0.29) is 0 Å². The predicted molar refractivity (Wildman–Crippen MR) is 115 cm³/mol. The zero-order chi connectivity index (χ0) is 26.1. The Hall–Kier alpha value is -3.67. The Morgan fingerprint density at radius 1 is 0.771 bits per heavy atom. The summed E-state index contributed by atoms with van der Waals surface area (Å²) in [5, 5.41) is 0. The lowest BCUT2D eigenvalue weighted by atomic mass is 10.0. The Morgan fingerprint density at radius 2 is 1.34 bits per heavy atom. The molecule has 1 saturated heterocycles. The zero-order valence-corrected chi connectivity index (χ0v) is 20.0. The maximum absolute atomic E-state index is 11.9. The number of benzene rings is 1. The van der Waals surface area contributed by atoms with Gasteiger partial charge in [0.1, 0.15) is 18.5 Å². The first-order valence-corrected chi connectivity index (χ1v) is 10.7. The zero-order valence-electron chi connectivity index (χ0n) is 20.0. The van der Waals surface area contributed by atoms with Gasteiger partial charge in [-0.15, -0.1) is 0 Å². The first kappa shape index (κ1) is 27.6. The number of ether oxygens (including phenoxy) is 7. The summed E-state index contributed by atoms with van der Waals surface area (Å²) < 4.78 is 38.1. The number of hydrogen-bond acceptors (Lipinski definition) is 12. The van der Waals surface area contributed by atoms with Gasteiger partial charge in [0.05, 0.1) is 0 Å². The van der Waals surface area contributed by atoms with Crippen molar-refractivity contribution in [1.82, 2.24) is 0 Å². The van der Waals surface area contributed by atoms with Gasteiger partial charge >= 0.3 is 29.8 Å². The summed E-state index contributed by atoms with van der Waals surface area (Å²) in [4.78, 5) is 58.9. The SMILES string of the molecule is CC(=O)OC[C@@H](OC(C)=O)[C@H](OC(C)=O)[C@H]1O[C@@H](Oc2ccccc2)[C@@H](OC(C)=O)[C@H]1OC(C)=O. The molecule has 1 aromatic carbocycles. The second kappa shape index (κ2) is 12.7. The Labute approximate surface area is 201 Å². The van der Waals surface area contributed by atoms with Crippen LogP contribution in [-0.2, 0) is 52.4 Å². The quantitative estimate of drug-likeness (QED) is 0.337. The summed E-state index contributed by atoms with van der Waals surface area (Å²) in [7, 11) is 0. The smallest absolute Gasteiger partial charge is 0.303 e. The third-order valence-corrected chi connectivity index (χ3v) is 4.57. The molecule has 0 aliphatic carbocycles. The third kappa shape index (κ3) is 8.56. The molecule has 12 nitrogen and oxygen atoms in total. The number of carbonyl (C=O) groups is 5. The van der Waals surface area contributed by atoms with Crippen molar-refractivity contribution in [1.29, 1.82) is 0 Å². The molecule has 1 aliphatic heterocycles. The molecule has 6 atom stereocenters. The van der Waals surface area contributed by atoms with Crippen LogP contribution >= 0.6 is 0 Å². The summed E-state index contributed by atoms with van der Waals surface area (Å²) >= 11 is 0. The molecule has 1 aliphatic rings. The molecule has 1 aromatic rings. The number of hydrogen-bond donors (Lipinski definition) is 0. The van der Waals surface area contributed by atoms with Gasteiger partial charge in [-0.1, -0.05) is 18.2 Å². The van der Waals surface area contributed by atoms with Crippen LogP contribution < -0.4 is 4.74 Å². The number of carbonyl (C=O) groups excluding carboxylic acids is 5. The van der Waals surface area contributed by atoms with E-state index in [0.29, 0.717) is 5.75 Å². The van der Waals surface area contributed by atoms with Crippen LogP contribution in [0.15, 0.2) is 30.3 Å². The van der Waals surface area contributed by atoms with Gasteiger partial charge in [0, 0.05) is 34.6 Å². The summed E-state index contributed by atoms with van der Waals surface area (Å²) in [5.74, 6) is -3.38. The fourth-order valence-electron chi connectivity index (χ4n) is 3.44. The highest BCUT2D eigenvalue weighted by Crippen LogP contribution is 2.33. The number of rotatable bonds is 10. The molecule has 0 spiro atoms. The van der Waals surface area contributed by atoms with E-state index in [1.165, 1.54) is 0 Å². The van der Waals surface area contributed by atoms with Crippen molar-refractivity contribution in [3.05, 3.63) is 30.3 Å². The molecule has 0 unspecified atom stereocenters. The van der Waals surface area contributed by atoms with Gasteiger partial charge in [0.15, 0.2) is 18.3 Å². The van der Waals surface area contributed by atoms with Crippen molar-refractivity contribution in [2.75, 3.05) is 6.61 Å². The number of para-hydroxylation sites is 1. The molecule has 0 amide bonds.